The minimum Gasteiger partial charge on any atom is -0.457 e. The van der Waals surface area contributed by atoms with Crippen molar-refractivity contribution in [3.63, 3.8) is 0 Å². The molecule has 0 radical (unpaired) electrons. The van der Waals surface area contributed by atoms with Crippen LogP contribution in [0.3, 0.4) is 0 Å². The van der Waals surface area contributed by atoms with Gasteiger partial charge in [0.15, 0.2) is 6.61 Å². The molecule has 0 saturated heterocycles. The SMILES string of the molecule is Cc1ccc(S(=O)(=O)NCCC(=O)OCC(=O)c2c(N)n(CC(C)C)c(=O)n(C)c2=O)cc1. The van der Waals surface area contributed by atoms with E-state index in [1.807, 2.05) is 20.8 Å². The van der Waals surface area contributed by atoms with Crippen molar-refractivity contribution in [1.82, 2.24) is 13.9 Å². The van der Waals surface area contributed by atoms with Crippen LogP contribution < -0.4 is 21.7 Å². The number of esters is 1. The molecule has 180 valence electrons. The summed E-state index contributed by atoms with van der Waals surface area (Å²) in [5, 5.41) is 0. The van der Waals surface area contributed by atoms with E-state index >= 15 is 0 Å². The third-order valence-electron chi connectivity index (χ3n) is 4.73. The van der Waals surface area contributed by atoms with Gasteiger partial charge in [0.25, 0.3) is 5.56 Å². The van der Waals surface area contributed by atoms with Crippen LogP contribution in [0.2, 0.25) is 0 Å². The van der Waals surface area contributed by atoms with Crippen LogP contribution in [0.15, 0.2) is 38.8 Å². The smallest absolute Gasteiger partial charge is 0.332 e. The van der Waals surface area contributed by atoms with Gasteiger partial charge in [-0.15, -0.1) is 0 Å². The van der Waals surface area contributed by atoms with E-state index in [9.17, 15) is 27.6 Å². The second-order valence-corrected chi connectivity index (χ2v) is 9.72. The number of nitrogens with zero attached hydrogens (tertiary/aromatic N) is 2. The Balaban J connectivity index is 2.01. The highest BCUT2D eigenvalue weighted by Crippen LogP contribution is 2.10. The van der Waals surface area contributed by atoms with E-state index in [0.717, 1.165) is 14.7 Å². The molecule has 11 nitrogen and oxygen atoms in total. The van der Waals surface area contributed by atoms with E-state index in [4.69, 9.17) is 10.5 Å². The molecule has 12 heteroatoms. The molecule has 0 amide bonds. The Morgan fingerprint density at radius 3 is 2.33 bits per heavy atom. The van der Waals surface area contributed by atoms with Crippen LogP contribution in [0.25, 0.3) is 0 Å². The number of anilines is 1. The number of aryl methyl sites for hydroxylation is 1. The normalized spacial score (nSPS) is 11.5. The van der Waals surface area contributed by atoms with E-state index in [0.29, 0.717) is 0 Å². The lowest BCUT2D eigenvalue weighted by atomic mass is 10.1. The van der Waals surface area contributed by atoms with Crippen LogP contribution in [0, 0.1) is 12.8 Å². The lowest BCUT2D eigenvalue weighted by Gasteiger charge is -2.16. The van der Waals surface area contributed by atoms with Gasteiger partial charge in [0.1, 0.15) is 11.4 Å². The molecule has 1 aromatic heterocycles. The summed E-state index contributed by atoms with van der Waals surface area (Å²) >= 11 is 0. The van der Waals surface area contributed by atoms with E-state index in [1.54, 1.807) is 12.1 Å². The number of hydrogen-bond acceptors (Lipinski definition) is 8. The van der Waals surface area contributed by atoms with Crippen LogP contribution in [0.1, 0.15) is 36.2 Å². The maximum Gasteiger partial charge on any atom is 0.332 e. The van der Waals surface area contributed by atoms with Crippen molar-refractivity contribution in [3.8, 4) is 0 Å². The van der Waals surface area contributed by atoms with Gasteiger partial charge in [-0.2, -0.15) is 0 Å². The molecule has 0 spiro atoms. The van der Waals surface area contributed by atoms with Crippen LogP contribution in [-0.4, -0.2) is 42.5 Å². The van der Waals surface area contributed by atoms with Crippen molar-refractivity contribution in [2.45, 2.75) is 38.6 Å². The number of carbonyl (C=O) groups is 2. The van der Waals surface area contributed by atoms with Gasteiger partial charge in [-0.1, -0.05) is 31.5 Å². The molecule has 2 aromatic rings. The molecular formula is C21H28N4O7S. The molecule has 0 unspecified atom stereocenters. The molecule has 0 saturated carbocycles. The highest BCUT2D eigenvalue weighted by molar-refractivity contribution is 7.89. The summed E-state index contributed by atoms with van der Waals surface area (Å²) in [6.07, 6.45) is -0.335. The molecule has 2 rings (SSSR count). The lowest BCUT2D eigenvalue weighted by molar-refractivity contribution is -0.142. The summed E-state index contributed by atoms with van der Waals surface area (Å²) in [4.78, 5) is 49.3. The fraction of sp³-hybridized carbons (Fsp3) is 0.429. The molecule has 0 aliphatic heterocycles. The van der Waals surface area contributed by atoms with Gasteiger partial charge in [0, 0.05) is 20.1 Å². The monoisotopic (exact) mass is 480 g/mol. The molecule has 3 N–H and O–H groups in total. The van der Waals surface area contributed by atoms with Gasteiger partial charge in [-0.25, -0.2) is 17.9 Å². The number of Topliss-reactive ketones (excluding diaryl/α,β-unsaturated/α-hetero) is 1. The first-order valence-electron chi connectivity index (χ1n) is 10.2. The predicted octanol–water partition coefficient (Wildman–Crippen LogP) is 0.188. The molecule has 0 fully saturated rings. The standard InChI is InChI=1S/C21H28N4O7S/c1-13(2)11-25-19(22)18(20(28)24(4)21(25)29)16(26)12-32-17(27)9-10-23-33(30,31)15-7-5-14(3)6-8-15/h5-8,13,23H,9-12,22H2,1-4H3. The van der Waals surface area contributed by atoms with Crippen molar-refractivity contribution in [2.24, 2.45) is 13.0 Å². The maximum absolute atomic E-state index is 12.5. The average molecular weight is 481 g/mol. The van der Waals surface area contributed by atoms with Crippen molar-refractivity contribution in [3.05, 3.63) is 56.2 Å². The third kappa shape index (κ3) is 6.39. The first-order chi connectivity index (χ1) is 15.3. The molecule has 33 heavy (non-hydrogen) atoms. The van der Waals surface area contributed by atoms with Gasteiger partial charge >= 0.3 is 11.7 Å². The summed E-state index contributed by atoms with van der Waals surface area (Å²) in [5.41, 5.74) is 4.84. The maximum atomic E-state index is 12.5. The van der Waals surface area contributed by atoms with E-state index in [2.05, 4.69) is 4.72 Å². The van der Waals surface area contributed by atoms with Crippen molar-refractivity contribution >= 4 is 27.6 Å². The van der Waals surface area contributed by atoms with Crippen molar-refractivity contribution in [1.29, 1.82) is 0 Å². The second-order valence-electron chi connectivity index (χ2n) is 7.96. The number of nitrogen functional groups attached to an aromatic ring is 1. The summed E-state index contributed by atoms with van der Waals surface area (Å²) in [6.45, 7) is 4.68. The van der Waals surface area contributed by atoms with Gasteiger partial charge in [0.2, 0.25) is 15.8 Å². The number of rotatable bonds is 10. The second kappa shape index (κ2) is 10.6. The van der Waals surface area contributed by atoms with E-state index in [-0.39, 0.29) is 36.1 Å². The minimum atomic E-state index is -3.80. The summed E-state index contributed by atoms with van der Waals surface area (Å²) in [7, 11) is -2.57. The Morgan fingerprint density at radius 1 is 1.15 bits per heavy atom. The quantitative estimate of drug-likeness (QED) is 0.360. The lowest BCUT2D eigenvalue weighted by Crippen LogP contribution is -2.43. The molecule has 0 aliphatic rings. The van der Waals surface area contributed by atoms with E-state index < -0.39 is 45.2 Å². The predicted molar refractivity (Wildman–Crippen MR) is 121 cm³/mol. The number of sulfonamides is 1. The highest BCUT2D eigenvalue weighted by Gasteiger charge is 2.23. The Bertz CT molecular complexity index is 1260. The molecule has 1 heterocycles. The Kier molecular flexibility index (Phi) is 8.34. The van der Waals surface area contributed by atoms with Crippen LogP contribution in [0.4, 0.5) is 5.82 Å². The zero-order chi connectivity index (χ0) is 24.9. The zero-order valence-corrected chi connectivity index (χ0v) is 19.8. The van der Waals surface area contributed by atoms with Crippen LogP contribution >= 0.6 is 0 Å². The molecule has 1 aromatic carbocycles. The van der Waals surface area contributed by atoms with Crippen LogP contribution in [0.5, 0.6) is 0 Å². The molecule has 0 atom stereocenters. The number of hydrogen-bond donors (Lipinski definition) is 2. The summed E-state index contributed by atoms with van der Waals surface area (Å²) < 4.78 is 33.5. The number of nitrogens with two attached hydrogens (primary N) is 1. The first kappa shape index (κ1) is 26.0. The van der Waals surface area contributed by atoms with Gasteiger partial charge < -0.3 is 10.5 Å². The van der Waals surface area contributed by atoms with Crippen LogP contribution in [-0.2, 0) is 33.1 Å². The third-order valence-corrected chi connectivity index (χ3v) is 6.20. The highest BCUT2D eigenvalue weighted by atomic mass is 32.2. The fourth-order valence-electron chi connectivity index (χ4n) is 2.97. The zero-order valence-electron chi connectivity index (χ0n) is 19.0. The van der Waals surface area contributed by atoms with Gasteiger partial charge in [-0.05, 0) is 25.0 Å². The van der Waals surface area contributed by atoms with Crippen molar-refractivity contribution < 1.29 is 22.7 Å². The fourth-order valence-corrected chi connectivity index (χ4v) is 4.00. The number of carbonyl (C=O) groups excluding carboxylic acids is 2. The van der Waals surface area contributed by atoms with Gasteiger partial charge in [-0.3, -0.25) is 23.5 Å². The topological polar surface area (TPSA) is 160 Å². The molecular weight excluding hydrogens is 452 g/mol. The Labute approximate surface area is 191 Å². The molecule has 0 bridgehead atoms. The molecule has 0 aliphatic carbocycles. The average Bonchev–Trinajstić information content (AvgIpc) is 2.74. The van der Waals surface area contributed by atoms with Gasteiger partial charge in [0.05, 0.1) is 11.3 Å². The first-order valence-corrected chi connectivity index (χ1v) is 11.7. The number of benzene rings is 1. The number of ketones is 1. The summed E-state index contributed by atoms with van der Waals surface area (Å²) in [6, 6.07) is 6.18. The number of ether oxygens (including phenoxy) is 1. The minimum absolute atomic E-state index is 0.0203. The Morgan fingerprint density at radius 2 is 1.76 bits per heavy atom. The number of nitrogens with one attached hydrogen (secondary N) is 1. The largest absolute Gasteiger partial charge is 0.457 e. The van der Waals surface area contributed by atoms with E-state index in [1.165, 1.54) is 19.2 Å². The number of aromatic nitrogens is 2. The summed E-state index contributed by atoms with van der Waals surface area (Å²) in [5.74, 6) is -1.98. The Hall–Kier alpha value is -3.25. The van der Waals surface area contributed by atoms with Crippen molar-refractivity contribution in [2.75, 3.05) is 18.9 Å².